The number of pyridine rings is 1. The molecule has 17 heavy (non-hydrogen) atoms. The Bertz CT molecular complexity index is 428. The molecule has 0 radical (unpaired) electrons. The fraction of sp³-hybridized carbons (Fsp3) is 0.308. The minimum Gasteiger partial charge on any atom is -0.326 e. The second-order valence-corrected chi connectivity index (χ2v) is 6.00. The molecule has 2 unspecified atom stereocenters. The Balaban J connectivity index is 2.17. The van der Waals surface area contributed by atoms with E-state index < -0.39 is 0 Å². The number of nitrogens with two attached hydrogens (primary N) is 1. The number of hydrogen-bond donors (Lipinski definition) is 1. The zero-order chi connectivity index (χ0) is 12.1. The summed E-state index contributed by atoms with van der Waals surface area (Å²) in [7, 11) is 0. The predicted octanol–water partition coefficient (Wildman–Crippen LogP) is 3.71. The Morgan fingerprint density at radius 1 is 1.35 bits per heavy atom. The van der Waals surface area contributed by atoms with Crippen LogP contribution >= 0.6 is 23.1 Å². The van der Waals surface area contributed by atoms with Crippen molar-refractivity contribution in [1.29, 1.82) is 0 Å². The monoisotopic (exact) mass is 264 g/mol. The zero-order valence-corrected chi connectivity index (χ0v) is 11.4. The van der Waals surface area contributed by atoms with Crippen LogP contribution in [0, 0.1) is 0 Å². The van der Waals surface area contributed by atoms with Crippen LogP contribution in [0.4, 0.5) is 0 Å². The number of thiophene rings is 1. The van der Waals surface area contributed by atoms with Crippen molar-refractivity contribution in [2.24, 2.45) is 5.73 Å². The maximum absolute atomic E-state index is 6.23. The highest BCUT2D eigenvalue weighted by Gasteiger charge is 2.20. The molecular weight excluding hydrogens is 248 g/mol. The molecule has 4 heteroatoms. The Hall–Kier alpha value is -0.840. The first-order chi connectivity index (χ1) is 8.31. The first-order valence-corrected chi connectivity index (χ1v) is 7.43. The van der Waals surface area contributed by atoms with Crippen molar-refractivity contribution in [3.05, 3.63) is 46.9 Å². The molecule has 0 aliphatic rings. The van der Waals surface area contributed by atoms with E-state index in [1.807, 2.05) is 36.3 Å². The Morgan fingerprint density at radius 2 is 2.12 bits per heavy atom. The van der Waals surface area contributed by atoms with Gasteiger partial charge >= 0.3 is 0 Å². The fourth-order valence-electron chi connectivity index (χ4n) is 1.59. The summed E-state index contributed by atoms with van der Waals surface area (Å²) in [5, 5.41) is 2.44. The number of aromatic nitrogens is 1. The van der Waals surface area contributed by atoms with Crippen molar-refractivity contribution in [3.63, 3.8) is 0 Å². The van der Waals surface area contributed by atoms with E-state index in [1.165, 1.54) is 9.77 Å². The average Bonchev–Trinajstić information content (AvgIpc) is 2.90. The highest BCUT2D eigenvalue weighted by Crippen LogP contribution is 2.39. The summed E-state index contributed by atoms with van der Waals surface area (Å²) >= 11 is 3.60. The molecule has 0 aliphatic carbocycles. The second kappa shape index (κ2) is 6.19. The lowest BCUT2D eigenvalue weighted by Gasteiger charge is -2.21. The van der Waals surface area contributed by atoms with Crippen LogP contribution in [0.25, 0.3) is 0 Å². The van der Waals surface area contributed by atoms with Gasteiger partial charge in [0.25, 0.3) is 0 Å². The van der Waals surface area contributed by atoms with E-state index >= 15 is 0 Å². The summed E-state index contributed by atoms with van der Waals surface area (Å²) in [5.74, 6) is 0. The molecule has 0 fully saturated rings. The van der Waals surface area contributed by atoms with Crippen molar-refractivity contribution in [2.45, 2.75) is 29.5 Å². The summed E-state index contributed by atoms with van der Waals surface area (Å²) in [4.78, 5) is 6.61. The normalized spacial score (nSPS) is 14.5. The Kier molecular flexibility index (Phi) is 4.59. The van der Waals surface area contributed by atoms with E-state index in [0.717, 1.165) is 6.42 Å². The zero-order valence-electron chi connectivity index (χ0n) is 9.74. The Morgan fingerprint density at radius 3 is 2.71 bits per heavy atom. The van der Waals surface area contributed by atoms with E-state index in [9.17, 15) is 0 Å². The van der Waals surface area contributed by atoms with Crippen molar-refractivity contribution in [1.82, 2.24) is 4.98 Å². The van der Waals surface area contributed by atoms with Crippen LogP contribution in [0.2, 0.25) is 0 Å². The summed E-state index contributed by atoms with van der Waals surface area (Å²) in [6, 6.07) is 8.51. The van der Waals surface area contributed by atoms with E-state index in [2.05, 4.69) is 29.4 Å². The van der Waals surface area contributed by atoms with Gasteiger partial charge in [0, 0.05) is 28.2 Å². The summed E-state index contributed by atoms with van der Waals surface area (Å²) in [6.45, 7) is 2.14. The van der Waals surface area contributed by atoms with E-state index in [1.54, 1.807) is 11.3 Å². The summed E-state index contributed by atoms with van der Waals surface area (Å²) in [5.41, 5.74) is 6.23. The molecule has 0 aromatic carbocycles. The van der Waals surface area contributed by atoms with Crippen molar-refractivity contribution >= 4 is 23.1 Å². The van der Waals surface area contributed by atoms with Gasteiger partial charge in [0.1, 0.15) is 0 Å². The number of thioether (sulfide) groups is 1. The van der Waals surface area contributed by atoms with Crippen LogP contribution in [0.15, 0.2) is 46.9 Å². The standard InChI is InChI=1S/C13H16N2S2/c1-2-11(14)13(12-4-3-9-16-12)17-10-5-7-15-8-6-10/h3-9,11,13H,2,14H2,1H3. The van der Waals surface area contributed by atoms with Gasteiger partial charge in [-0.3, -0.25) is 4.98 Å². The van der Waals surface area contributed by atoms with Crippen molar-refractivity contribution in [2.75, 3.05) is 0 Å². The fourth-order valence-corrected chi connectivity index (χ4v) is 3.81. The lowest BCUT2D eigenvalue weighted by Crippen LogP contribution is -2.25. The van der Waals surface area contributed by atoms with Gasteiger partial charge in [-0.25, -0.2) is 0 Å². The number of rotatable bonds is 5. The van der Waals surface area contributed by atoms with Gasteiger partial charge in [0.2, 0.25) is 0 Å². The van der Waals surface area contributed by atoms with E-state index in [4.69, 9.17) is 5.73 Å². The minimum absolute atomic E-state index is 0.187. The van der Waals surface area contributed by atoms with Gasteiger partial charge in [-0.15, -0.1) is 23.1 Å². The lowest BCUT2D eigenvalue weighted by molar-refractivity contribution is 0.640. The third-order valence-electron chi connectivity index (χ3n) is 2.60. The molecule has 2 atom stereocenters. The van der Waals surface area contributed by atoms with Gasteiger partial charge in [-0.1, -0.05) is 13.0 Å². The highest BCUT2D eigenvalue weighted by molar-refractivity contribution is 7.99. The molecule has 0 amide bonds. The van der Waals surface area contributed by atoms with Crippen LogP contribution in [-0.2, 0) is 0 Å². The van der Waals surface area contributed by atoms with Gasteiger partial charge in [-0.2, -0.15) is 0 Å². The summed E-state index contributed by atoms with van der Waals surface area (Å²) < 4.78 is 0. The number of hydrogen-bond acceptors (Lipinski definition) is 4. The van der Waals surface area contributed by atoms with E-state index in [0.29, 0.717) is 5.25 Å². The highest BCUT2D eigenvalue weighted by atomic mass is 32.2. The van der Waals surface area contributed by atoms with Gasteiger partial charge in [-0.05, 0) is 30.0 Å². The van der Waals surface area contributed by atoms with Crippen LogP contribution < -0.4 is 5.73 Å². The van der Waals surface area contributed by atoms with Crippen LogP contribution in [0.3, 0.4) is 0 Å². The first kappa shape index (κ1) is 12.6. The van der Waals surface area contributed by atoms with Crippen LogP contribution in [0.1, 0.15) is 23.5 Å². The molecule has 0 aliphatic heterocycles. The molecule has 2 heterocycles. The second-order valence-electron chi connectivity index (χ2n) is 3.81. The topological polar surface area (TPSA) is 38.9 Å². The molecule has 0 saturated carbocycles. The van der Waals surface area contributed by atoms with Gasteiger partial charge < -0.3 is 5.73 Å². The van der Waals surface area contributed by atoms with Gasteiger partial charge in [0.05, 0.1) is 5.25 Å². The molecule has 0 bridgehead atoms. The molecule has 0 saturated heterocycles. The smallest absolute Gasteiger partial charge is 0.0589 e. The van der Waals surface area contributed by atoms with E-state index in [-0.39, 0.29) is 6.04 Å². The molecule has 2 N–H and O–H groups in total. The maximum atomic E-state index is 6.23. The van der Waals surface area contributed by atoms with Gasteiger partial charge in [0.15, 0.2) is 0 Å². The SMILES string of the molecule is CCC(N)C(Sc1ccncc1)c1cccs1. The predicted molar refractivity (Wildman–Crippen MR) is 75.4 cm³/mol. The molecule has 2 rings (SSSR count). The molecule has 2 aromatic rings. The average molecular weight is 264 g/mol. The Labute approximate surface area is 110 Å². The third kappa shape index (κ3) is 3.31. The summed E-state index contributed by atoms with van der Waals surface area (Å²) in [6.07, 6.45) is 4.64. The number of nitrogens with zero attached hydrogens (tertiary/aromatic N) is 1. The minimum atomic E-state index is 0.187. The quantitative estimate of drug-likeness (QED) is 0.837. The molecule has 0 spiro atoms. The molecule has 2 aromatic heterocycles. The first-order valence-electron chi connectivity index (χ1n) is 5.67. The van der Waals surface area contributed by atoms with Crippen LogP contribution in [0.5, 0.6) is 0 Å². The maximum Gasteiger partial charge on any atom is 0.0589 e. The van der Waals surface area contributed by atoms with Crippen molar-refractivity contribution in [3.8, 4) is 0 Å². The van der Waals surface area contributed by atoms with Crippen LogP contribution in [-0.4, -0.2) is 11.0 Å². The van der Waals surface area contributed by atoms with Crippen molar-refractivity contribution < 1.29 is 0 Å². The molecule has 90 valence electrons. The largest absolute Gasteiger partial charge is 0.326 e. The molecule has 2 nitrogen and oxygen atoms in total. The third-order valence-corrected chi connectivity index (χ3v) is 5.10. The lowest BCUT2D eigenvalue weighted by atomic mass is 10.1. The molecular formula is C13H16N2S2.